The zero-order valence-electron chi connectivity index (χ0n) is 10.5. The molecule has 0 saturated carbocycles. The summed E-state index contributed by atoms with van der Waals surface area (Å²) < 4.78 is 1.14. The molecule has 0 fully saturated rings. The van der Waals surface area contributed by atoms with Crippen molar-refractivity contribution in [3.8, 4) is 0 Å². The Hall–Kier alpha value is -2.34. The molecule has 0 unspecified atom stereocenters. The minimum atomic E-state index is -0.158. The number of hydrogen-bond donors (Lipinski definition) is 2. The van der Waals surface area contributed by atoms with Crippen LogP contribution in [0.15, 0.2) is 70.9 Å². The van der Waals surface area contributed by atoms with Crippen molar-refractivity contribution in [2.75, 3.05) is 0 Å². The van der Waals surface area contributed by atoms with Crippen LogP contribution in [0.3, 0.4) is 0 Å². The van der Waals surface area contributed by atoms with Crippen LogP contribution in [0, 0.1) is 0 Å². The van der Waals surface area contributed by atoms with Crippen molar-refractivity contribution >= 4 is 27.8 Å². The van der Waals surface area contributed by atoms with Crippen LogP contribution in [-0.4, -0.2) is 20.9 Å². The van der Waals surface area contributed by atoms with E-state index in [2.05, 4.69) is 26.4 Å². The third-order valence-electron chi connectivity index (χ3n) is 2.57. The van der Waals surface area contributed by atoms with E-state index < -0.39 is 0 Å². The lowest BCUT2D eigenvalue weighted by atomic mass is 10.0. The summed E-state index contributed by atoms with van der Waals surface area (Å²) in [6.07, 6.45) is 0. The lowest BCUT2D eigenvalue weighted by molar-refractivity contribution is 0.312. The van der Waals surface area contributed by atoms with Crippen LogP contribution in [0.4, 0.5) is 0 Å². The zero-order chi connectivity index (χ0) is 14.4. The van der Waals surface area contributed by atoms with E-state index in [1.54, 1.807) is 0 Å². The molecule has 2 aromatic rings. The number of guanidine groups is 1. The molecule has 0 saturated heterocycles. The topological polar surface area (TPSA) is 74.2 Å². The Morgan fingerprint density at radius 3 is 1.80 bits per heavy atom. The number of rotatable bonds is 3. The molecule has 2 aromatic carbocycles. The fourth-order valence-electron chi connectivity index (χ4n) is 1.65. The van der Waals surface area contributed by atoms with E-state index in [-0.39, 0.29) is 5.96 Å². The highest BCUT2D eigenvalue weighted by Crippen LogP contribution is 2.13. The Morgan fingerprint density at radius 1 is 0.950 bits per heavy atom. The first kappa shape index (κ1) is 14.1. The quantitative estimate of drug-likeness (QED) is 0.298. The molecule has 102 valence electrons. The first-order chi connectivity index (χ1) is 9.72. The van der Waals surface area contributed by atoms with Crippen LogP contribution in [0.2, 0.25) is 0 Å². The van der Waals surface area contributed by atoms with Crippen molar-refractivity contribution in [1.29, 1.82) is 0 Å². The summed E-state index contributed by atoms with van der Waals surface area (Å²) >= 11 is 3.13. The van der Waals surface area contributed by atoms with Crippen molar-refractivity contribution in [3.05, 3.63) is 71.8 Å². The predicted octanol–water partition coefficient (Wildman–Crippen LogP) is 2.75. The maximum Gasteiger partial charge on any atom is 0.264 e. The molecule has 0 aliphatic heterocycles. The summed E-state index contributed by atoms with van der Waals surface area (Å²) in [5.74, 6) is -0.158. The number of halogens is 1. The molecule has 2 rings (SSSR count). The Labute approximate surface area is 125 Å². The molecule has 0 radical (unpaired) electrons. The first-order valence-electron chi connectivity index (χ1n) is 5.85. The highest BCUT2D eigenvalue weighted by atomic mass is 79.9. The summed E-state index contributed by atoms with van der Waals surface area (Å²) in [7, 11) is 0. The highest BCUT2D eigenvalue weighted by molar-refractivity contribution is 9.07. The fourth-order valence-corrected chi connectivity index (χ4v) is 1.88. The molecular weight excluding hydrogens is 320 g/mol. The van der Waals surface area contributed by atoms with Crippen molar-refractivity contribution in [3.63, 3.8) is 0 Å². The molecule has 3 N–H and O–H groups in total. The minimum absolute atomic E-state index is 0.158. The second-order valence-electron chi connectivity index (χ2n) is 3.90. The number of benzene rings is 2. The van der Waals surface area contributed by atoms with E-state index in [1.807, 2.05) is 60.7 Å². The molecule has 6 heteroatoms. The number of nitrogens with zero attached hydrogens (tertiary/aromatic N) is 3. The van der Waals surface area contributed by atoms with Crippen LogP contribution in [-0.2, 0) is 0 Å². The minimum Gasteiger partial charge on any atom is -0.408 e. The predicted molar refractivity (Wildman–Crippen MR) is 82.7 cm³/mol. The van der Waals surface area contributed by atoms with E-state index in [0.717, 1.165) is 15.2 Å². The van der Waals surface area contributed by atoms with Crippen LogP contribution in [0.25, 0.3) is 0 Å². The molecule has 0 bridgehead atoms. The summed E-state index contributed by atoms with van der Waals surface area (Å²) in [5.41, 5.74) is 8.05. The van der Waals surface area contributed by atoms with Crippen LogP contribution >= 0.6 is 16.1 Å². The van der Waals surface area contributed by atoms with E-state index >= 15 is 0 Å². The SMILES string of the molecule is N/C(=N\O)N(Br)N=C(c1ccccc1)c1ccccc1. The van der Waals surface area contributed by atoms with E-state index in [4.69, 9.17) is 10.9 Å². The Kier molecular flexibility index (Phi) is 4.73. The van der Waals surface area contributed by atoms with Gasteiger partial charge in [-0.3, -0.25) is 0 Å². The summed E-state index contributed by atoms with van der Waals surface area (Å²) in [5, 5.41) is 15.9. The number of nitrogens with two attached hydrogens (primary N) is 1. The fraction of sp³-hybridized carbons (Fsp3) is 0. The molecule has 0 aromatic heterocycles. The lowest BCUT2D eigenvalue weighted by Crippen LogP contribution is -2.26. The Bertz CT molecular complexity index is 572. The normalized spacial score (nSPS) is 10.9. The largest absolute Gasteiger partial charge is 0.408 e. The van der Waals surface area contributed by atoms with Crippen molar-refractivity contribution in [2.45, 2.75) is 0 Å². The molecule has 0 heterocycles. The van der Waals surface area contributed by atoms with Crippen LogP contribution in [0.5, 0.6) is 0 Å². The smallest absolute Gasteiger partial charge is 0.264 e. The van der Waals surface area contributed by atoms with Crippen molar-refractivity contribution in [1.82, 2.24) is 4.03 Å². The molecule has 0 spiro atoms. The molecule has 5 nitrogen and oxygen atoms in total. The number of hydrogen-bond acceptors (Lipinski definition) is 3. The molecule has 0 atom stereocenters. The van der Waals surface area contributed by atoms with Gasteiger partial charge in [-0.05, 0) is 5.16 Å². The Morgan fingerprint density at radius 2 is 1.40 bits per heavy atom. The van der Waals surface area contributed by atoms with Gasteiger partial charge in [-0.25, -0.2) is 0 Å². The van der Waals surface area contributed by atoms with Gasteiger partial charge in [0.25, 0.3) is 5.96 Å². The van der Waals surface area contributed by atoms with Gasteiger partial charge in [0.05, 0.1) is 21.9 Å². The average Bonchev–Trinajstić information content (AvgIpc) is 2.53. The monoisotopic (exact) mass is 332 g/mol. The van der Waals surface area contributed by atoms with Gasteiger partial charge in [-0.1, -0.05) is 60.7 Å². The molecule has 20 heavy (non-hydrogen) atoms. The van der Waals surface area contributed by atoms with E-state index in [9.17, 15) is 0 Å². The van der Waals surface area contributed by atoms with Gasteiger partial charge in [0, 0.05) is 11.1 Å². The second-order valence-corrected chi connectivity index (χ2v) is 4.57. The van der Waals surface area contributed by atoms with E-state index in [0.29, 0.717) is 5.71 Å². The maximum atomic E-state index is 8.68. The lowest BCUT2D eigenvalue weighted by Gasteiger charge is -2.12. The maximum absolute atomic E-state index is 8.68. The second kappa shape index (κ2) is 6.72. The molecule has 0 amide bonds. The van der Waals surface area contributed by atoms with Gasteiger partial charge in [0.2, 0.25) is 0 Å². The average molecular weight is 333 g/mol. The van der Waals surface area contributed by atoms with Gasteiger partial charge in [-0.2, -0.15) is 9.14 Å². The van der Waals surface area contributed by atoms with Gasteiger partial charge in [0.1, 0.15) is 0 Å². The van der Waals surface area contributed by atoms with Gasteiger partial charge < -0.3 is 10.9 Å². The molecule has 0 aliphatic carbocycles. The number of hydrazone groups is 1. The number of oxime groups is 1. The van der Waals surface area contributed by atoms with Gasteiger partial charge in [-0.15, -0.1) is 0 Å². The zero-order valence-corrected chi connectivity index (χ0v) is 12.1. The Balaban J connectivity index is 2.48. The molecule has 0 aliphatic rings. The summed E-state index contributed by atoms with van der Waals surface area (Å²) in [6, 6.07) is 19.3. The van der Waals surface area contributed by atoms with Crippen LogP contribution in [0.1, 0.15) is 11.1 Å². The third kappa shape index (κ3) is 3.36. The summed E-state index contributed by atoms with van der Waals surface area (Å²) in [6.45, 7) is 0. The molecular formula is C14H13BrN4O. The van der Waals surface area contributed by atoms with E-state index in [1.165, 1.54) is 0 Å². The highest BCUT2D eigenvalue weighted by Gasteiger charge is 2.10. The van der Waals surface area contributed by atoms with Gasteiger partial charge >= 0.3 is 0 Å². The third-order valence-corrected chi connectivity index (χ3v) is 3.10. The first-order valence-corrected chi connectivity index (χ1v) is 6.56. The summed E-state index contributed by atoms with van der Waals surface area (Å²) in [4.78, 5) is 0. The van der Waals surface area contributed by atoms with Gasteiger partial charge in [0.15, 0.2) is 0 Å². The van der Waals surface area contributed by atoms with Crippen molar-refractivity contribution in [2.24, 2.45) is 16.0 Å². The standard InChI is InChI=1S/C14H13BrN4O/c15-19(14(16)18-20)17-13(11-7-3-1-4-8-11)12-9-5-2-6-10-12/h1-10,20H,(H2,16,18). The van der Waals surface area contributed by atoms with Crippen molar-refractivity contribution < 1.29 is 5.21 Å². The van der Waals surface area contributed by atoms with Crippen LogP contribution < -0.4 is 5.73 Å².